The van der Waals surface area contributed by atoms with Crippen LogP contribution in [0.25, 0.3) is 11.1 Å². The first kappa shape index (κ1) is 27.0. The molecule has 0 saturated heterocycles. The van der Waals surface area contributed by atoms with Gasteiger partial charge in [-0.15, -0.1) is 0 Å². The minimum atomic E-state index is -4.50. The standard InChI is InChI=1S/C30H22F3N3O3S/c31-30(32,33)25-6-3-5-23(16-25)22-12-14-26(15-13-22)40(38,39)36-27-7-2-1-4-24(27)17-28(36)29(37)35-19-21-10-8-20(18-34)9-11-21/h1-16,28H,17,19H2,(H,35,37)/t28-/m0/s1. The van der Waals surface area contributed by atoms with Crippen molar-refractivity contribution in [2.24, 2.45) is 0 Å². The first-order valence-electron chi connectivity index (χ1n) is 12.2. The number of hydrogen-bond donors (Lipinski definition) is 1. The molecule has 1 amide bonds. The number of hydrogen-bond acceptors (Lipinski definition) is 4. The monoisotopic (exact) mass is 561 g/mol. The maximum absolute atomic E-state index is 13.9. The zero-order valence-electron chi connectivity index (χ0n) is 20.9. The van der Waals surface area contributed by atoms with Gasteiger partial charge in [-0.05, 0) is 64.7 Å². The van der Waals surface area contributed by atoms with E-state index in [1.165, 1.54) is 36.4 Å². The minimum Gasteiger partial charge on any atom is -0.350 e. The smallest absolute Gasteiger partial charge is 0.350 e. The normalized spacial score (nSPS) is 14.8. The highest BCUT2D eigenvalue weighted by Gasteiger charge is 2.42. The van der Waals surface area contributed by atoms with Crippen LogP contribution in [0, 0.1) is 11.3 Å². The number of benzene rings is 4. The first-order chi connectivity index (χ1) is 19.1. The molecule has 202 valence electrons. The van der Waals surface area contributed by atoms with Gasteiger partial charge in [0, 0.05) is 13.0 Å². The van der Waals surface area contributed by atoms with Gasteiger partial charge < -0.3 is 5.32 Å². The maximum atomic E-state index is 13.9. The molecule has 5 rings (SSSR count). The molecule has 0 unspecified atom stereocenters. The molecule has 1 N–H and O–H groups in total. The molecule has 10 heteroatoms. The van der Waals surface area contributed by atoms with Crippen LogP contribution >= 0.6 is 0 Å². The van der Waals surface area contributed by atoms with E-state index in [4.69, 9.17) is 5.26 Å². The Morgan fingerprint density at radius 1 is 0.925 bits per heavy atom. The molecule has 1 aliphatic rings. The lowest BCUT2D eigenvalue weighted by molar-refractivity contribution is -0.137. The van der Waals surface area contributed by atoms with Crippen LogP contribution in [0.1, 0.15) is 22.3 Å². The predicted molar refractivity (Wildman–Crippen MR) is 143 cm³/mol. The average Bonchev–Trinajstić information content (AvgIpc) is 3.37. The van der Waals surface area contributed by atoms with E-state index in [1.807, 2.05) is 6.07 Å². The van der Waals surface area contributed by atoms with Crippen molar-refractivity contribution in [1.82, 2.24) is 5.32 Å². The number of nitrogens with zero attached hydrogens (tertiary/aromatic N) is 2. The summed E-state index contributed by atoms with van der Waals surface area (Å²) in [5, 5.41) is 11.8. The Kier molecular flexibility index (Phi) is 7.08. The lowest BCUT2D eigenvalue weighted by Crippen LogP contribution is -2.47. The van der Waals surface area contributed by atoms with Crippen molar-refractivity contribution in [3.63, 3.8) is 0 Å². The molecule has 0 bridgehead atoms. The second-order valence-corrected chi connectivity index (χ2v) is 11.1. The van der Waals surface area contributed by atoms with Crippen LogP contribution in [0.15, 0.2) is 102 Å². The lowest BCUT2D eigenvalue weighted by atomic mass is 10.0. The summed E-state index contributed by atoms with van der Waals surface area (Å²) in [6.07, 6.45) is -4.32. The third-order valence-electron chi connectivity index (χ3n) is 6.71. The zero-order valence-corrected chi connectivity index (χ0v) is 21.7. The molecular weight excluding hydrogens is 539 g/mol. The number of para-hydroxylation sites is 1. The van der Waals surface area contributed by atoms with Gasteiger partial charge in [-0.25, -0.2) is 8.42 Å². The summed E-state index contributed by atoms with van der Waals surface area (Å²) < 4.78 is 68.3. The van der Waals surface area contributed by atoms with Gasteiger partial charge in [-0.2, -0.15) is 18.4 Å². The highest BCUT2D eigenvalue weighted by molar-refractivity contribution is 7.93. The summed E-state index contributed by atoms with van der Waals surface area (Å²) in [5.74, 6) is -0.482. The summed E-state index contributed by atoms with van der Waals surface area (Å²) >= 11 is 0. The summed E-state index contributed by atoms with van der Waals surface area (Å²) in [6, 6.07) is 24.9. The summed E-state index contributed by atoms with van der Waals surface area (Å²) in [7, 11) is -4.21. The molecule has 4 aromatic rings. The predicted octanol–water partition coefficient (Wildman–Crippen LogP) is 5.68. The molecule has 0 fully saturated rings. The van der Waals surface area contributed by atoms with Crippen molar-refractivity contribution in [2.75, 3.05) is 4.31 Å². The van der Waals surface area contributed by atoms with Crippen LogP contribution in [-0.4, -0.2) is 20.4 Å². The van der Waals surface area contributed by atoms with E-state index >= 15 is 0 Å². The number of fused-ring (bicyclic) bond motifs is 1. The highest BCUT2D eigenvalue weighted by atomic mass is 32.2. The van der Waals surface area contributed by atoms with Crippen LogP contribution in [0.5, 0.6) is 0 Å². The third-order valence-corrected chi connectivity index (χ3v) is 8.55. The Hall–Kier alpha value is -4.62. The third kappa shape index (κ3) is 5.28. The zero-order chi connectivity index (χ0) is 28.5. The van der Waals surface area contributed by atoms with Crippen molar-refractivity contribution in [1.29, 1.82) is 5.26 Å². The Bertz CT molecular complexity index is 1710. The van der Waals surface area contributed by atoms with Gasteiger partial charge >= 0.3 is 6.18 Å². The van der Waals surface area contributed by atoms with Crippen molar-refractivity contribution in [3.8, 4) is 17.2 Å². The van der Waals surface area contributed by atoms with Crippen molar-refractivity contribution in [2.45, 2.75) is 30.1 Å². The van der Waals surface area contributed by atoms with Gasteiger partial charge in [0.05, 0.1) is 27.8 Å². The number of nitriles is 1. The Balaban J connectivity index is 1.42. The summed E-state index contributed by atoms with van der Waals surface area (Å²) in [4.78, 5) is 13.2. The number of carbonyl (C=O) groups excluding carboxylic acids is 1. The summed E-state index contributed by atoms with van der Waals surface area (Å²) in [6.45, 7) is 0.150. The SMILES string of the molecule is N#Cc1ccc(CNC(=O)[C@@H]2Cc3ccccc3N2S(=O)(=O)c2ccc(-c3cccc(C(F)(F)F)c3)cc2)cc1. The molecular formula is C30H22F3N3O3S. The minimum absolute atomic E-state index is 0.0928. The van der Waals surface area contributed by atoms with Crippen LogP contribution in [0.2, 0.25) is 0 Å². The van der Waals surface area contributed by atoms with E-state index in [-0.39, 0.29) is 17.9 Å². The van der Waals surface area contributed by atoms with E-state index in [0.717, 1.165) is 22.0 Å². The Labute approximate surface area is 229 Å². The number of carbonyl (C=O) groups is 1. The number of halogens is 3. The number of rotatable bonds is 6. The molecule has 6 nitrogen and oxygen atoms in total. The quantitative estimate of drug-likeness (QED) is 0.328. The van der Waals surface area contributed by atoms with Gasteiger partial charge in [0.15, 0.2) is 0 Å². The fourth-order valence-corrected chi connectivity index (χ4v) is 6.32. The van der Waals surface area contributed by atoms with Crippen molar-refractivity contribution < 1.29 is 26.4 Å². The molecule has 0 aliphatic carbocycles. The van der Waals surface area contributed by atoms with Gasteiger partial charge in [0.1, 0.15) is 6.04 Å². The number of sulfonamides is 1. The van der Waals surface area contributed by atoms with E-state index in [2.05, 4.69) is 5.32 Å². The molecule has 40 heavy (non-hydrogen) atoms. The largest absolute Gasteiger partial charge is 0.416 e. The number of anilines is 1. The van der Waals surface area contributed by atoms with E-state index in [0.29, 0.717) is 27.9 Å². The second-order valence-electron chi connectivity index (χ2n) is 9.28. The fraction of sp³-hybridized carbons (Fsp3) is 0.133. The number of amides is 1. The fourth-order valence-electron chi connectivity index (χ4n) is 4.67. The lowest BCUT2D eigenvalue weighted by Gasteiger charge is -2.26. The van der Waals surface area contributed by atoms with Crippen LogP contribution in [0.4, 0.5) is 18.9 Å². The maximum Gasteiger partial charge on any atom is 0.416 e. The van der Waals surface area contributed by atoms with Gasteiger partial charge in [0.2, 0.25) is 5.91 Å². The molecule has 0 radical (unpaired) electrons. The number of nitrogens with one attached hydrogen (secondary N) is 1. The molecule has 1 heterocycles. The van der Waals surface area contributed by atoms with E-state index < -0.39 is 33.7 Å². The Morgan fingerprint density at radius 2 is 1.62 bits per heavy atom. The highest BCUT2D eigenvalue weighted by Crippen LogP contribution is 2.38. The van der Waals surface area contributed by atoms with Crippen LogP contribution < -0.4 is 9.62 Å². The first-order valence-corrected chi connectivity index (χ1v) is 13.7. The molecule has 0 spiro atoms. The molecule has 4 aromatic carbocycles. The van der Waals surface area contributed by atoms with E-state index in [1.54, 1.807) is 48.5 Å². The van der Waals surface area contributed by atoms with Gasteiger partial charge in [-0.1, -0.05) is 54.6 Å². The van der Waals surface area contributed by atoms with Crippen molar-refractivity contribution >= 4 is 21.6 Å². The van der Waals surface area contributed by atoms with Gasteiger partial charge in [0.25, 0.3) is 10.0 Å². The molecule has 0 aromatic heterocycles. The average molecular weight is 562 g/mol. The number of alkyl halides is 3. The van der Waals surface area contributed by atoms with Gasteiger partial charge in [-0.3, -0.25) is 9.10 Å². The van der Waals surface area contributed by atoms with Crippen LogP contribution in [0.3, 0.4) is 0 Å². The molecule has 1 aliphatic heterocycles. The second kappa shape index (κ2) is 10.5. The van der Waals surface area contributed by atoms with Crippen molar-refractivity contribution in [3.05, 3.63) is 119 Å². The molecule has 0 saturated carbocycles. The van der Waals surface area contributed by atoms with Crippen LogP contribution in [-0.2, 0) is 34.0 Å². The molecule has 1 atom stereocenters. The van der Waals surface area contributed by atoms with E-state index in [9.17, 15) is 26.4 Å². The Morgan fingerprint density at radius 3 is 2.30 bits per heavy atom. The topological polar surface area (TPSA) is 90.3 Å². The summed E-state index contributed by atoms with van der Waals surface area (Å²) in [5.41, 5.74) is 2.24.